The van der Waals surface area contributed by atoms with Crippen LogP contribution >= 0.6 is 0 Å². The summed E-state index contributed by atoms with van der Waals surface area (Å²) in [6.45, 7) is 3.99. The van der Waals surface area contributed by atoms with Gasteiger partial charge in [0.1, 0.15) is 0 Å². The monoisotopic (exact) mass is 339 g/mol. The summed E-state index contributed by atoms with van der Waals surface area (Å²) < 4.78 is 0. The van der Waals surface area contributed by atoms with Gasteiger partial charge < -0.3 is 9.80 Å². The Hall–Kier alpha value is -2.89. The normalized spacial score (nSPS) is 13.8. The van der Waals surface area contributed by atoms with Crippen LogP contribution in [0.25, 0.3) is 0 Å². The topological polar surface area (TPSA) is 66.7 Å². The fourth-order valence-corrected chi connectivity index (χ4v) is 3.16. The maximum atomic E-state index is 12.8. The molecular formula is C19H21N3O3. The summed E-state index contributed by atoms with van der Waals surface area (Å²) in [7, 11) is 1.75. The van der Waals surface area contributed by atoms with Crippen LogP contribution in [0.2, 0.25) is 0 Å². The van der Waals surface area contributed by atoms with Gasteiger partial charge in [0.25, 0.3) is 11.6 Å². The first kappa shape index (κ1) is 17.0. The lowest BCUT2D eigenvalue weighted by molar-refractivity contribution is -0.384. The third kappa shape index (κ3) is 3.47. The van der Waals surface area contributed by atoms with E-state index in [1.807, 2.05) is 13.0 Å². The van der Waals surface area contributed by atoms with Gasteiger partial charge in [-0.2, -0.15) is 0 Å². The van der Waals surface area contributed by atoms with E-state index in [0.717, 1.165) is 42.9 Å². The van der Waals surface area contributed by atoms with Crippen molar-refractivity contribution >= 4 is 23.0 Å². The highest BCUT2D eigenvalue weighted by Crippen LogP contribution is 2.33. The van der Waals surface area contributed by atoms with E-state index in [1.54, 1.807) is 11.9 Å². The Balaban J connectivity index is 1.91. The maximum absolute atomic E-state index is 12.8. The fourth-order valence-electron chi connectivity index (χ4n) is 3.16. The van der Waals surface area contributed by atoms with Crippen LogP contribution in [0, 0.1) is 17.0 Å². The summed E-state index contributed by atoms with van der Waals surface area (Å²) in [5, 5.41) is 10.8. The van der Waals surface area contributed by atoms with E-state index >= 15 is 0 Å². The number of nitrogens with zero attached hydrogens (tertiary/aromatic N) is 3. The first-order chi connectivity index (χ1) is 12.0. The average molecular weight is 339 g/mol. The predicted octanol–water partition coefficient (Wildman–Crippen LogP) is 3.78. The Morgan fingerprint density at radius 2 is 1.76 bits per heavy atom. The van der Waals surface area contributed by atoms with Gasteiger partial charge >= 0.3 is 0 Å². The van der Waals surface area contributed by atoms with Gasteiger partial charge in [0.2, 0.25) is 0 Å². The molecular weight excluding hydrogens is 318 g/mol. The molecule has 2 aromatic rings. The minimum atomic E-state index is -0.468. The van der Waals surface area contributed by atoms with Crippen LogP contribution in [-0.4, -0.2) is 31.0 Å². The number of non-ortho nitro benzene ring substituents is 1. The van der Waals surface area contributed by atoms with Gasteiger partial charge in [-0.3, -0.25) is 14.9 Å². The highest BCUT2D eigenvalue weighted by atomic mass is 16.6. The Morgan fingerprint density at radius 1 is 1.12 bits per heavy atom. The smallest absolute Gasteiger partial charge is 0.269 e. The van der Waals surface area contributed by atoms with Crippen molar-refractivity contribution in [3.63, 3.8) is 0 Å². The zero-order valence-electron chi connectivity index (χ0n) is 14.4. The summed E-state index contributed by atoms with van der Waals surface area (Å²) in [5.74, 6) is -0.180. The van der Waals surface area contributed by atoms with Crippen LogP contribution in [0.4, 0.5) is 17.1 Å². The molecule has 0 atom stereocenters. The third-order valence-electron chi connectivity index (χ3n) is 4.57. The summed E-state index contributed by atoms with van der Waals surface area (Å²) in [4.78, 5) is 27.1. The molecule has 6 nitrogen and oxygen atoms in total. The second kappa shape index (κ2) is 6.93. The van der Waals surface area contributed by atoms with Gasteiger partial charge in [-0.1, -0.05) is 6.07 Å². The van der Waals surface area contributed by atoms with Crippen LogP contribution in [-0.2, 0) is 0 Å². The molecule has 6 heteroatoms. The molecule has 0 bridgehead atoms. The van der Waals surface area contributed by atoms with Crippen molar-refractivity contribution in [1.82, 2.24) is 0 Å². The van der Waals surface area contributed by atoms with Crippen LogP contribution in [0.1, 0.15) is 28.8 Å². The van der Waals surface area contributed by atoms with Crippen LogP contribution in [0.15, 0.2) is 42.5 Å². The average Bonchev–Trinajstić information content (AvgIpc) is 3.15. The van der Waals surface area contributed by atoms with Gasteiger partial charge in [0, 0.05) is 37.8 Å². The molecule has 0 radical (unpaired) electrons. The molecule has 1 aliphatic heterocycles. The quantitative estimate of drug-likeness (QED) is 0.628. The molecule has 0 aliphatic carbocycles. The lowest BCUT2D eigenvalue weighted by Gasteiger charge is -2.27. The highest BCUT2D eigenvalue weighted by molar-refractivity contribution is 6.07. The number of carbonyl (C=O) groups is 1. The van der Waals surface area contributed by atoms with Crippen molar-refractivity contribution in [3.05, 3.63) is 63.7 Å². The lowest BCUT2D eigenvalue weighted by atomic mass is 10.1. The van der Waals surface area contributed by atoms with E-state index in [9.17, 15) is 14.9 Å². The highest BCUT2D eigenvalue weighted by Gasteiger charge is 2.22. The van der Waals surface area contributed by atoms with Crippen molar-refractivity contribution in [2.75, 3.05) is 29.9 Å². The van der Waals surface area contributed by atoms with Crippen LogP contribution in [0.3, 0.4) is 0 Å². The van der Waals surface area contributed by atoms with Gasteiger partial charge in [0.15, 0.2) is 0 Å². The number of rotatable bonds is 4. The summed E-state index contributed by atoms with van der Waals surface area (Å²) in [5.41, 5.74) is 3.42. The van der Waals surface area contributed by atoms with E-state index < -0.39 is 4.92 Å². The van der Waals surface area contributed by atoms with E-state index in [0.29, 0.717) is 5.56 Å². The number of anilines is 2. The molecule has 130 valence electrons. The summed E-state index contributed by atoms with van der Waals surface area (Å²) in [6.07, 6.45) is 2.32. The Kier molecular flexibility index (Phi) is 4.70. The van der Waals surface area contributed by atoms with E-state index in [1.165, 1.54) is 24.3 Å². The number of benzene rings is 2. The molecule has 0 N–H and O–H groups in total. The van der Waals surface area contributed by atoms with Crippen LogP contribution < -0.4 is 9.80 Å². The second-order valence-electron chi connectivity index (χ2n) is 6.35. The lowest BCUT2D eigenvalue weighted by Crippen LogP contribution is -2.29. The third-order valence-corrected chi connectivity index (χ3v) is 4.57. The molecule has 1 aliphatic rings. The standard InChI is InChI=1S/C19H21N3O3/c1-14-5-10-17(21-11-3-4-12-21)18(13-14)20(2)19(23)15-6-8-16(9-7-15)22(24)25/h5-10,13H,3-4,11-12H2,1-2H3. The van der Waals surface area contributed by atoms with Crippen molar-refractivity contribution < 1.29 is 9.72 Å². The summed E-state index contributed by atoms with van der Waals surface area (Å²) in [6, 6.07) is 11.9. The zero-order chi connectivity index (χ0) is 18.0. The Labute approximate surface area is 146 Å². The Bertz CT molecular complexity index is 796. The molecule has 25 heavy (non-hydrogen) atoms. The first-order valence-corrected chi connectivity index (χ1v) is 8.35. The fraction of sp³-hybridized carbons (Fsp3) is 0.316. The number of hydrogen-bond acceptors (Lipinski definition) is 4. The van der Waals surface area contributed by atoms with E-state index in [4.69, 9.17) is 0 Å². The van der Waals surface area contributed by atoms with Gasteiger partial charge in [-0.05, 0) is 49.6 Å². The van der Waals surface area contributed by atoms with Crippen molar-refractivity contribution in [1.29, 1.82) is 0 Å². The minimum Gasteiger partial charge on any atom is -0.370 e. The molecule has 1 fully saturated rings. The Morgan fingerprint density at radius 3 is 2.36 bits per heavy atom. The SMILES string of the molecule is Cc1ccc(N2CCCC2)c(N(C)C(=O)c2ccc([N+](=O)[O-])cc2)c1. The van der Waals surface area contributed by atoms with E-state index in [2.05, 4.69) is 17.0 Å². The molecule has 0 saturated carbocycles. The van der Waals surface area contributed by atoms with Gasteiger partial charge in [0.05, 0.1) is 16.3 Å². The number of aryl methyl sites for hydroxylation is 1. The van der Waals surface area contributed by atoms with Gasteiger partial charge in [-0.25, -0.2) is 0 Å². The molecule has 2 aromatic carbocycles. The maximum Gasteiger partial charge on any atom is 0.269 e. The molecule has 0 unspecified atom stereocenters. The molecule has 1 amide bonds. The second-order valence-corrected chi connectivity index (χ2v) is 6.35. The zero-order valence-corrected chi connectivity index (χ0v) is 14.4. The minimum absolute atomic E-state index is 0.0208. The molecule has 1 heterocycles. The molecule has 0 spiro atoms. The van der Waals surface area contributed by atoms with Crippen LogP contribution in [0.5, 0.6) is 0 Å². The van der Waals surface area contributed by atoms with Crippen molar-refractivity contribution in [3.8, 4) is 0 Å². The van der Waals surface area contributed by atoms with Crippen molar-refractivity contribution in [2.24, 2.45) is 0 Å². The number of nitro groups is 1. The predicted molar refractivity (Wildman–Crippen MR) is 98.5 cm³/mol. The van der Waals surface area contributed by atoms with Gasteiger partial charge in [-0.15, -0.1) is 0 Å². The van der Waals surface area contributed by atoms with E-state index in [-0.39, 0.29) is 11.6 Å². The number of nitro benzene ring substituents is 1. The summed E-state index contributed by atoms with van der Waals surface area (Å²) >= 11 is 0. The first-order valence-electron chi connectivity index (χ1n) is 8.35. The number of hydrogen-bond donors (Lipinski definition) is 0. The largest absolute Gasteiger partial charge is 0.370 e. The molecule has 1 saturated heterocycles. The van der Waals surface area contributed by atoms with Crippen molar-refractivity contribution in [2.45, 2.75) is 19.8 Å². The molecule has 0 aromatic heterocycles. The number of carbonyl (C=O) groups excluding carboxylic acids is 1. The number of amides is 1. The molecule has 3 rings (SSSR count).